The van der Waals surface area contributed by atoms with Gasteiger partial charge in [0, 0.05) is 12.1 Å². The highest BCUT2D eigenvalue weighted by atomic mass is 16.3. The van der Waals surface area contributed by atoms with E-state index in [0.717, 1.165) is 12.1 Å². The molecule has 0 atom stereocenters. The average Bonchev–Trinajstić information content (AvgIpc) is 2.06. The van der Waals surface area contributed by atoms with E-state index in [1.54, 1.807) is 6.07 Å². The molecule has 0 saturated carbocycles. The summed E-state index contributed by atoms with van der Waals surface area (Å²) in [6.07, 6.45) is 0. The van der Waals surface area contributed by atoms with Crippen LogP contribution in [0.1, 0.15) is 31.9 Å². The lowest BCUT2D eigenvalue weighted by atomic mass is 9.86. The number of hydrogen-bond donors (Lipinski definition) is 1. The van der Waals surface area contributed by atoms with Crippen molar-refractivity contribution in [2.24, 2.45) is 0 Å². The summed E-state index contributed by atoms with van der Waals surface area (Å²) < 4.78 is 0. The number of phenolic OH excluding ortho intramolecular Hbond substituents is 1. The molecular formula is C13H21NO. The SMILES string of the molecule is CN(C)Cc1cc(C(C)(C)C)ccc1O. The summed E-state index contributed by atoms with van der Waals surface area (Å²) in [5.41, 5.74) is 2.39. The van der Waals surface area contributed by atoms with Crippen LogP contribution in [0.15, 0.2) is 18.2 Å². The molecule has 0 unspecified atom stereocenters. The van der Waals surface area contributed by atoms with E-state index in [1.165, 1.54) is 5.56 Å². The van der Waals surface area contributed by atoms with Crippen LogP contribution in [0.5, 0.6) is 5.75 Å². The van der Waals surface area contributed by atoms with Crippen molar-refractivity contribution in [3.8, 4) is 5.75 Å². The van der Waals surface area contributed by atoms with E-state index in [2.05, 4.69) is 31.7 Å². The Hall–Kier alpha value is -1.02. The summed E-state index contributed by atoms with van der Waals surface area (Å²) in [7, 11) is 4.01. The third kappa shape index (κ3) is 3.24. The van der Waals surface area contributed by atoms with E-state index in [0.29, 0.717) is 5.75 Å². The van der Waals surface area contributed by atoms with Crippen LogP contribution >= 0.6 is 0 Å². The van der Waals surface area contributed by atoms with Crippen LogP contribution in [-0.4, -0.2) is 24.1 Å². The van der Waals surface area contributed by atoms with Crippen LogP contribution in [0, 0.1) is 0 Å². The second-order valence-corrected chi connectivity index (χ2v) is 5.33. The van der Waals surface area contributed by atoms with Crippen molar-refractivity contribution >= 4 is 0 Å². The summed E-state index contributed by atoms with van der Waals surface area (Å²) in [5.74, 6) is 0.386. The normalized spacial score (nSPS) is 12.1. The number of nitrogens with zero attached hydrogens (tertiary/aromatic N) is 1. The van der Waals surface area contributed by atoms with E-state index >= 15 is 0 Å². The fourth-order valence-corrected chi connectivity index (χ4v) is 1.52. The molecule has 0 aromatic heterocycles. The first-order chi connectivity index (χ1) is 6.80. The highest BCUT2D eigenvalue weighted by molar-refractivity contribution is 5.38. The summed E-state index contributed by atoms with van der Waals surface area (Å²) in [6.45, 7) is 7.31. The molecule has 0 bridgehead atoms. The zero-order chi connectivity index (χ0) is 11.6. The van der Waals surface area contributed by atoms with Gasteiger partial charge in [-0.15, -0.1) is 0 Å². The molecule has 1 N–H and O–H groups in total. The van der Waals surface area contributed by atoms with Crippen molar-refractivity contribution in [1.82, 2.24) is 4.90 Å². The van der Waals surface area contributed by atoms with Gasteiger partial charge in [0.2, 0.25) is 0 Å². The molecule has 1 aromatic carbocycles. The molecule has 0 aliphatic rings. The Kier molecular flexibility index (Phi) is 3.40. The molecule has 0 aliphatic heterocycles. The number of benzene rings is 1. The molecular weight excluding hydrogens is 186 g/mol. The molecule has 0 amide bonds. The van der Waals surface area contributed by atoms with E-state index in [1.807, 2.05) is 20.2 Å². The van der Waals surface area contributed by atoms with Gasteiger partial charge in [0.05, 0.1) is 0 Å². The van der Waals surface area contributed by atoms with Gasteiger partial charge in [0.25, 0.3) is 0 Å². The third-order valence-corrected chi connectivity index (χ3v) is 2.43. The minimum atomic E-state index is 0.134. The quantitative estimate of drug-likeness (QED) is 0.806. The van der Waals surface area contributed by atoms with E-state index in [9.17, 15) is 5.11 Å². The van der Waals surface area contributed by atoms with Crippen LogP contribution in [0.25, 0.3) is 0 Å². The van der Waals surface area contributed by atoms with Crippen LogP contribution in [0.4, 0.5) is 0 Å². The molecule has 84 valence electrons. The Balaban J connectivity index is 3.06. The molecule has 0 spiro atoms. The van der Waals surface area contributed by atoms with Crippen molar-refractivity contribution < 1.29 is 5.11 Å². The van der Waals surface area contributed by atoms with Crippen LogP contribution in [-0.2, 0) is 12.0 Å². The number of phenols is 1. The maximum atomic E-state index is 9.72. The molecule has 0 radical (unpaired) electrons. The zero-order valence-corrected chi connectivity index (χ0v) is 10.3. The summed E-state index contributed by atoms with van der Waals surface area (Å²) in [5, 5.41) is 9.72. The lowest BCUT2D eigenvalue weighted by Gasteiger charge is -2.21. The molecule has 0 aliphatic carbocycles. The molecule has 15 heavy (non-hydrogen) atoms. The second kappa shape index (κ2) is 4.23. The summed E-state index contributed by atoms with van der Waals surface area (Å²) in [6, 6.07) is 5.88. The van der Waals surface area contributed by atoms with Gasteiger partial charge in [-0.1, -0.05) is 32.9 Å². The first-order valence-electron chi connectivity index (χ1n) is 5.28. The lowest BCUT2D eigenvalue weighted by molar-refractivity contribution is 0.385. The first-order valence-corrected chi connectivity index (χ1v) is 5.28. The number of aromatic hydroxyl groups is 1. The molecule has 0 heterocycles. The molecule has 0 saturated heterocycles. The smallest absolute Gasteiger partial charge is 0.120 e. The van der Waals surface area contributed by atoms with Gasteiger partial charge in [-0.25, -0.2) is 0 Å². The topological polar surface area (TPSA) is 23.5 Å². The van der Waals surface area contributed by atoms with Gasteiger partial charge < -0.3 is 10.0 Å². The van der Waals surface area contributed by atoms with E-state index in [4.69, 9.17) is 0 Å². The van der Waals surface area contributed by atoms with E-state index in [-0.39, 0.29) is 5.41 Å². The average molecular weight is 207 g/mol. The van der Waals surface area contributed by atoms with Crippen molar-refractivity contribution in [3.05, 3.63) is 29.3 Å². The molecule has 0 fully saturated rings. The minimum Gasteiger partial charge on any atom is -0.508 e. The first kappa shape index (κ1) is 12.1. The third-order valence-electron chi connectivity index (χ3n) is 2.43. The molecule has 2 heteroatoms. The largest absolute Gasteiger partial charge is 0.508 e. The second-order valence-electron chi connectivity index (χ2n) is 5.33. The van der Waals surface area contributed by atoms with Crippen molar-refractivity contribution in [2.75, 3.05) is 14.1 Å². The highest BCUT2D eigenvalue weighted by Crippen LogP contribution is 2.27. The van der Waals surface area contributed by atoms with Crippen LogP contribution < -0.4 is 0 Å². The lowest BCUT2D eigenvalue weighted by Crippen LogP contribution is -2.14. The van der Waals surface area contributed by atoms with Gasteiger partial charge in [0.15, 0.2) is 0 Å². The standard InChI is InChI=1S/C13H21NO/c1-13(2,3)11-6-7-12(15)10(8-11)9-14(4)5/h6-8,15H,9H2,1-5H3. The monoisotopic (exact) mass is 207 g/mol. The van der Waals surface area contributed by atoms with E-state index < -0.39 is 0 Å². The van der Waals surface area contributed by atoms with Crippen molar-refractivity contribution in [1.29, 1.82) is 0 Å². The minimum absolute atomic E-state index is 0.134. The highest BCUT2D eigenvalue weighted by Gasteiger charge is 2.15. The Bertz CT molecular complexity index is 337. The molecule has 1 aromatic rings. The van der Waals surface area contributed by atoms with Gasteiger partial charge in [-0.05, 0) is 31.1 Å². The zero-order valence-electron chi connectivity index (χ0n) is 10.3. The van der Waals surface area contributed by atoms with Gasteiger partial charge in [-0.2, -0.15) is 0 Å². The van der Waals surface area contributed by atoms with Crippen molar-refractivity contribution in [3.63, 3.8) is 0 Å². The van der Waals surface area contributed by atoms with Gasteiger partial charge in [-0.3, -0.25) is 0 Å². The molecule has 1 rings (SSSR count). The fourth-order valence-electron chi connectivity index (χ4n) is 1.52. The van der Waals surface area contributed by atoms with Gasteiger partial charge >= 0.3 is 0 Å². The fraction of sp³-hybridized carbons (Fsp3) is 0.538. The number of hydrogen-bond acceptors (Lipinski definition) is 2. The van der Waals surface area contributed by atoms with Crippen LogP contribution in [0.3, 0.4) is 0 Å². The van der Waals surface area contributed by atoms with Crippen molar-refractivity contribution in [2.45, 2.75) is 32.7 Å². The summed E-state index contributed by atoms with van der Waals surface area (Å²) in [4.78, 5) is 2.06. The predicted octanol–water partition coefficient (Wildman–Crippen LogP) is 2.75. The number of rotatable bonds is 2. The Morgan fingerprint density at radius 3 is 2.27 bits per heavy atom. The van der Waals surface area contributed by atoms with Gasteiger partial charge in [0.1, 0.15) is 5.75 Å². The maximum Gasteiger partial charge on any atom is 0.120 e. The maximum absolute atomic E-state index is 9.72. The predicted molar refractivity (Wildman–Crippen MR) is 64.2 cm³/mol. The van der Waals surface area contributed by atoms with Crippen LogP contribution in [0.2, 0.25) is 0 Å². The summed E-state index contributed by atoms with van der Waals surface area (Å²) >= 11 is 0. The molecule has 2 nitrogen and oxygen atoms in total. The Morgan fingerprint density at radius 1 is 1.20 bits per heavy atom. The Labute approximate surface area is 92.5 Å². The Morgan fingerprint density at radius 2 is 1.80 bits per heavy atom.